The van der Waals surface area contributed by atoms with Gasteiger partial charge in [-0.05, 0) is 55.5 Å². The van der Waals surface area contributed by atoms with Crippen LogP contribution in [-0.2, 0) is 13.5 Å². The Morgan fingerprint density at radius 3 is 2.86 bits per heavy atom. The number of aryl methyl sites for hydroxylation is 3. The summed E-state index contributed by atoms with van der Waals surface area (Å²) in [6, 6.07) is 13.1. The summed E-state index contributed by atoms with van der Waals surface area (Å²) in [5.41, 5.74) is 6.96. The van der Waals surface area contributed by atoms with E-state index in [1.54, 1.807) is 0 Å². The first-order valence-electron chi connectivity index (χ1n) is 10.1. The third kappa shape index (κ3) is 4.05. The van der Waals surface area contributed by atoms with Crippen molar-refractivity contribution in [3.8, 4) is 11.4 Å². The van der Waals surface area contributed by atoms with Gasteiger partial charge in [0.1, 0.15) is 11.5 Å². The highest BCUT2D eigenvalue weighted by atomic mass is 32.2. The molecule has 0 radical (unpaired) electrons. The minimum atomic E-state index is 0.194. The van der Waals surface area contributed by atoms with Gasteiger partial charge < -0.3 is 10.4 Å². The van der Waals surface area contributed by atoms with E-state index in [0.717, 1.165) is 35.8 Å². The molecule has 3 heterocycles. The number of aliphatic hydroxyl groups excluding tert-OH is 1. The number of hydrogen-bond acceptors (Lipinski definition) is 5. The van der Waals surface area contributed by atoms with Gasteiger partial charge >= 0.3 is 0 Å². The zero-order chi connectivity index (χ0) is 20.4. The number of pyridine rings is 1. The fourth-order valence-electron chi connectivity index (χ4n) is 3.97. The Balaban J connectivity index is 1.82. The summed E-state index contributed by atoms with van der Waals surface area (Å²) in [7, 11) is 2.00. The zero-order valence-electron chi connectivity index (χ0n) is 17.2. The summed E-state index contributed by atoms with van der Waals surface area (Å²) in [6.07, 6.45) is 3.53. The number of aliphatic hydroxyl groups is 1. The molecule has 5 nitrogen and oxygen atoms in total. The van der Waals surface area contributed by atoms with Crippen molar-refractivity contribution in [1.29, 1.82) is 0 Å². The Bertz CT molecular complexity index is 986. The van der Waals surface area contributed by atoms with Crippen LogP contribution in [0.1, 0.15) is 40.8 Å². The Morgan fingerprint density at radius 2 is 2.14 bits per heavy atom. The molecule has 2 atom stereocenters. The molecule has 1 aliphatic heterocycles. The van der Waals surface area contributed by atoms with E-state index in [9.17, 15) is 0 Å². The first-order chi connectivity index (χ1) is 14.1. The molecule has 4 rings (SSSR count). The van der Waals surface area contributed by atoms with E-state index in [0.29, 0.717) is 6.04 Å². The molecule has 0 fully saturated rings. The van der Waals surface area contributed by atoms with Gasteiger partial charge in [0.2, 0.25) is 0 Å². The van der Waals surface area contributed by atoms with Gasteiger partial charge in [-0.2, -0.15) is 5.10 Å². The molecule has 2 N–H and O–H groups in total. The zero-order valence-corrected chi connectivity index (χ0v) is 18.0. The van der Waals surface area contributed by atoms with Gasteiger partial charge in [-0.3, -0.25) is 9.67 Å². The Labute approximate surface area is 176 Å². The molecule has 6 heteroatoms. The summed E-state index contributed by atoms with van der Waals surface area (Å²) in [6.45, 7) is 4.64. The van der Waals surface area contributed by atoms with E-state index < -0.39 is 0 Å². The topological polar surface area (TPSA) is 63.0 Å². The average Bonchev–Trinajstić information content (AvgIpc) is 2.93. The van der Waals surface area contributed by atoms with Crippen molar-refractivity contribution in [2.45, 2.75) is 38.0 Å². The summed E-state index contributed by atoms with van der Waals surface area (Å²) >= 11 is 1.96. The van der Waals surface area contributed by atoms with Crippen LogP contribution < -0.4 is 5.32 Å². The number of benzene rings is 1. The number of aromatic nitrogens is 3. The molecule has 0 spiro atoms. The van der Waals surface area contributed by atoms with E-state index in [1.165, 1.54) is 22.3 Å². The molecule has 0 bridgehead atoms. The lowest BCUT2D eigenvalue weighted by Gasteiger charge is -2.19. The van der Waals surface area contributed by atoms with Crippen LogP contribution in [-0.4, -0.2) is 38.3 Å². The maximum atomic E-state index is 9.14. The van der Waals surface area contributed by atoms with Crippen LogP contribution in [0.25, 0.3) is 11.4 Å². The minimum absolute atomic E-state index is 0.194. The number of hydrogen-bond donors (Lipinski definition) is 2. The maximum Gasteiger partial charge on any atom is 0.129 e. The fourth-order valence-corrected chi connectivity index (χ4v) is 5.37. The number of nitrogens with one attached hydrogen (secondary N) is 1. The van der Waals surface area contributed by atoms with Crippen molar-refractivity contribution in [3.05, 3.63) is 64.8 Å². The molecule has 0 aliphatic carbocycles. The third-order valence-electron chi connectivity index (χ3n) is 5.39. The van der Waals surface area contributed by atoms with Crippen molar-refractivity contribution >= 4 is 17.6 Å². The van der Waals surface area contributed by atoms with Crippen LogP contribution in [0.15, 0.2) is 42.6 Å². The van der Waals surface area contributed by atoms with Crippen LogP contribution in [0.4, 0.5) is 5.82 Å². The fraction of sp³-hybridized carbons (Fsp3) is 0.391. The monoisotopic (exact) mass is 408 g/mol. The van der Waals surface area contributed by atoms with Gasteiger partial charge in [0.05, 0.1) is 10.9 Å². The number of fused-ring (bicyclic) bond motifs is 1. The van der Waals surface area contributed by atoms with Crippen molar-refractivity contribution < 1.29 is 5.11 Å². The number of anilines is 1. The Morgan fingerprint density at radius 1 is 1.28 bits per heavy atom. The molecule has 1 aromatic carbocycles. The Kier molecular flexibility index (Phi) is 5.92. The molecule has 0 amide bonds. The standard InChI is InChI=1S/C23H28N4OS/c1-15-13-17(7-6-12-28)9-10-18(15)22-20-21(19-8-4-5-11-24-19)26-27(3)23(20)25-16(2)14-29-22/h4-5,8-11,13,16,22,25,28H,6-7,12,14H2,1-3H3/t16-,22+/m0/s1. The number of thioether (sulfide) groups is 1. The highest BCUT2D eigenvalue weighted by Crippen LogP contribution is 2.47. The van der Waals surface area contributed by atoms with Gasteiger partial charge in [-0.25, -0.2) is 0 Å². The lowest BCUT2D eigenvalue weighted by molar-refractivity contribution is 0.288. The van der Waals surface area contributed by atoms with Crippen LogP contribution in [0.2, 0.25) is 0 Å². The molecule has 152 valence electrons. The molecule has 3 aromatic rings. The van der Waals surface area contributed by atoms with Crippen molar-refractivity contribution in [3.63, 3.8) is 0 Å². The van der Waals surface area contributed by atoms with Crippen LogP contribution in [0.5, 0.6) is 0 Å². The molecule has 0 saturated carbocycles. The quantitative estimate of drug-likeness (QED) is 0.657. The second-order valence-corrected chi connectivity index (χ2v) is 8.86. The largest absolute Gasteiger partial charge is 0.396 e. The van der Waals surface area contributed by atoms with Crippen LogP contribution >= 0.6 is 11.8 Å². The summed E-state index contributed by atoms with van der Waals surface area (Å²) < 4.78 is 1.96. The molecule has 29 heavy (non-hydrogen) atoms. The van der Waals surface area contributed by atoms with E-state index in [4.69, 9.17) is 10.2 Å². The van der Waals surface area contributed by atoms with E-state index in [-0.39, 0.29) is 11.9 Å². The molecular weight excluding hydrogens is 380 g/mol. The third-order valence-corrected chi connectivity index (χ3v) is 6.91. The average molecular weight is 409 g/mol. The second kappa shape index (κ2) is 8.59. The van der Waals surface area contributed by atoms with E-state index in [1.807, 2.05) is 47.9 Å². The van der Waals surface area contributed by atoms with Crippen LogP contribution in [0.3, 0.4) is 0 Å². The second-order valence-electron chi connectivity index (χ2n) is 7.73. The predicted octanol–water partition coefficient (Wildman–Crippen LogP) is 4.35. The van der Waals surface area contributed by atoms with Gasteiger partial charge in [0, 0.05) is 37.2 Å². The molecule has 2 aromatic heterocycles. The Hall–Kier alpha value is -2.31. The summed E-state index contributed by atoms with van der Waals surface area (Å²) in [5, 5.41) is 17.8. The minimum Gasteiger partial charge on any atom is -0.396 e. The molecule has 0 unspecified atom stereocenters. The first-order valence-corrected chi connectivity index (χ1v) is 11.2. The van der Waals surface area contributed by atoms with Crippen molar-refractivity contribution in [2.75, 3.05) is 17.7 Å². The maximum absolute atomic E-state index is 9.14. The normalized spacial score (nSPS) is 18.8. The van der Waals surface area contributed by atoms with Crippen LogP contribution in [0, 0.1) is 6.92 Å². The number of nitrogens with zero attached hydrogens (tertiary/aromatic N) is 3. The lowest BCUT2D eigenvalue weighted by Crippen LogP contribution is -2.18. The van der Waals surface area contributed by atoms with Gasteiger partial charge in [0.15, 0.2) is 0 Å². The van der Waals surface area contributed by atoms with Crippen molar-refractivity contribution in [1.82, 2.24) is 14.8 Å². The first kappa shape index (κ1) is 20.0. The van der Waals surface area contributed by atoms with Crippen molar-refractivity contribution in [2.24, 2.45) is 7.05 Å². The predicted molar refractivity (Wildman–Crippen MR) is 120 cm³/mol. The molecular formula is C23H28N4OS. The van der Waals surface area contributed by atoms with E-state index in [2.05, 4.69) is 42.3 Å². The van der Waals surface area contributed by atoms with E-state index >= 15 is 0 Å². The lowest BCUT2D eigenvalue weighted by atomic mass is 9.95. The van der Waals surface area contributed by atoms with Gasteiger partial charge in [0.25, 0.3) is 0 Å². The smallest absolute Gasteiger partial charge is 0.129 e. The van der Waals surface area contributed by atoms with Gasteiger partial charge in [-0.15, -0.1) is 11.8 Å². The molecule has 1 aliphatic rings. The highest BCUT2D eigenvalue weighted by molar-refractivity contribution is 7.99. The summed E-state index contributed by atoms with van der Waals surface area (Å²) in [5.74, 6) is 2.10. The summed E-state index contributed by atoms with van der Waals surface area (Å²) in [4.78, 5) is 4.58. The highest BCUT2D eigenvalue weighted by Gasteiger charge is 2.31. The SMILES string of the molecule is Cc1cc(CCCO)ccc1[C@H]1SC[C@H](C)Nc2c1c(-c1ccccn1)nn2C. The van der Waals surface area contributed by atoms with Gasteiger partial charge in [-0.1, -0.05) is 24.3 Å². The number of rotatable bonds is 5. The molecule has 0 saturated heterocycles.